The molecule has 2 aromatic carbocycles. The fraction of sp³-hybridized carbons (Fsp3) is 0.0714. The van der Waals surface area contributed by atoms with Crippen LogP contribution < -0.4 is 5.32 Å². The second-order valence-electron chi connectivity index (χ2n) is 4.12. The number of nitro benzene ring substituents is 1. The molecule has 0 bridgehead atoms. The number of nitrogens with zero attached hydrogens (tertiary/aromatic N) is 1. The zero-order valence-electron chi connectivity index (χ0n) is 11.4. The summed E-state index contributed by atoms with van der Waals surface area (Å²) in [4.78, 5) is 23.1. The SMILES string of the molecule is COSc1ccccc1NC(=O)c1ccc([N+](=O)[O-])cc1Cl. The molecule has 0 saturated carbocycles. The zero-order valence-corrected chi connectivity index (χ0v) is 13.0. The van der Waals surface area contributed by atoms with E-state index < -0.39 is 10.8 Å². The van der Waals surface area contributed by atoms with Gasteiger partial charge in [0.2, 0.25) is 0 Å². The van der Waals surface area contributed by atoms with Crippen molar-refractivity contribution in [2.75, 3.05) is 12.4 Å². The highest BCUT2D eigenvalue weighted by atomic mass is 35.5. The lowest BCUT2D eigenvalue weighted by molar-refractivity contribution is -0.384. The van der Waals surface area contributed by atoms with Crippen LogP contribution >= 0.6 is 23.6 Å². The fourth-order valence-electron chi connectivity index (χ4n) is 1.72. The highest BCUT2D eigenvalue weighted by molar-refractivity contribution is 7.94. The van der Waals surface area contributed by atoms with Crippen molar-refractivity contribution >= 4 is 40.9 Å². The number of nitro groups is 1. The summed E-state index contributed by atoms with van der Waals surface area (Å²) in [6.45, 7) is 0. The highest BCUT2D eigenvalue weighted by Crippen LogP contribution is 2.28. The van der Waals surface area contributed by atoms with Crippen LogP contribution in [0.2, 0.25) is 5.02 Å². The summed E-state index contributed by atoms with van der Waals surface area (Å²) in [6, 6.07) is 10.8. The minimum Gasteiger partial charge on any atom is -0.321 e. The number of rotatable bonds is 5. The van der Waals surface area contributed by atoms with Gasteiger partial charge in [-0.2, -0.15) is 0 Å². The number of nitrogens with one attached hydrogen (secondary N) is 1. The van der Waals surface area contributed by atoms with E-state index in [4.69, 9.17) is 15.8 Å². The summed E-state index contributed by atoms with van der Waals surface area (Å²) >= 11 is 7.05. The van der Waals surface area contributed by atoms with E-state index in [-0.39, 0.29) is 16.3 Å². The normalized spacial score (nSPS) is 10.3. The average molecular weight is 339 g/mol. The molecule has 0 aliphatic carbocycles. The van der Waals surface area contributed by atoms with Crippen LogP contribution in [0.3, 0.4) is 0 Å². The Morgan fingerprint density at radius 2 is 2.05 bits per heavy atom. The van der Waals surface area contributed by atoms with Crippen LogP contribution in [-0.4, -0.2) is 17.9 Å². The number of para-hydroxylation sites is 1. The van der Waals surface area contributed by atoms with Gasteiger partial charge < -0.3 is 9.50 Å². The fourth-order valence-corrected chi connectivity index (χ4v) is 2.51. The molecule has 1 amide bonds. The van der Waals surface area contributed by atoms with Gasteiger partial charge in [-0.15, -0.1) is 0 Å². The number of carbonyl (C=O) groups is 1. The second kappa shape index (κ2) is 7.26. The van der Waals surface area contributed by atoms with Gasteiger partial charge in [0.25, 0.3) is 11.6 Å². The van der Waals surface area contributed by atoms with Crippen molar-refractivity contribution in [3.05, 3.63) is 63.2 Å². The predicted molar refractivity (Wildman–Crippen MR) is 85.4 cm³/mol. The first-order valence-electron chi connectivity index (χ1n) is 6.08. The first-order valence-corrected chi connectivity index (χ1v) is 7.20. The van der Waals surface area contributed by atoms with Crippen LogP contribution in [0, 0.1) is 10.1 Å². The number of hydrogen-bond donors (Lipinski definition) is 1. The van der Waals surface area contributed by atoms with E-state index in [2.05, 4.69) is 5.32 Å². The molecule has 6 nitrogen and oxygen atoms in total. The van der Waals surface area contributed by atoms with Crippen molar-refractivity contribution in [2.24, 2.45) is 0 Å². The third-order valence-corrected chi connectivity index (χ3v) is 3.73. The second-order valence-corrected chi connectivity index (χ2v) is 5.47. The number of non-ortho nitro benzene ring substituents is 1. The van der Waals surface area contributed by atoms with E-state index in [1.165, 1.54) is 19.2 Å². The molecule has 2 aromatic rings. The Kier molecular flexibility index (Phi) is 5.37. The monoisotopic (exact) mass is 338 g/mol. The van der Waals surface area contributed by atoms with Crippen LogP contribution in [0.1, 0.15) is 10.4 Å². The maximum atomic E-state index is 12.3. The molecule has 0 saturated heterocycles. The summed E-state index contributed by atoms with van der Waals surface area (Å²) in [6.07, 6.45) is 0. The molecule has 2 rings (SSSR count). The lowest BCUT2D eigenvalue weighted by atomic mass is 10.2. The van der Waals surface area contributed by atoms with Crippen molar-refractivity contribution in [1.82, 2.24) is 0 Å². The van der Waals surface area contributed by atoms with E-state index in [9.17, 15) is 14.9 Å². The summed E-state index contributed by atoms with van der Waals surface area (Å²) in [5.74, 6) is -0.455. The maximum absolute atomic E-state index is 12.3. The third-order valence-electron chi connectivity index (χ3n) is 2.72. The quantitative estimate of drug-likeness (QED) is 0.503. The minimum absolute atomic E-state index is 0.0172. The van der Waals surface area contributed by atoms with Gasteiger partial charge in [0.1, 0.15) is 0 Å². The van der Waals surface area contributed by atoms with Crippen molar-refractivity contribution < 1.29 is 13.9 Å². The van der Waals surface area contributed by atoms with Crippen molar-refractivity contribution in [3.8, 4) is 0 Å². The van der Waals surface area contributed by atoms with Crippen molar-refractivity contribution in [1.29, 1.82) is 0 Å². The number of anilines is 1. The summed E-state index contributed by atoms with van der Waals surface area (Å²) in [5, 5.41) is 13.4. The Morgan fingerprint density at radius 1 is 1.32 bits per heavy atom. The molecule has 0 aliphatic rings. The van der Waals surface area contributed by atoms with Gasteiger partial charge in [-0.05, 0) is 18.2 Å². The molecular formula is C14H11ClN2O4S. The zero-order chi connectivity index (χ0) is 16.1. The van der Waals surface area contributed by atoms with E-state index >= 15 is 0 Å². The molecule has 8 heteroatoms. The van der Waals surface area contributed by atoms with E-state index in [1.807, 2.05) is 6.07 Å². The van der Waals surface area contributed by atoms with E-state index in [0.29, 0.717) is 5.69 Å². The van der Waals surface area contributed by atoms with Crippen LogP contribution in [0.15, 0.2) is 47.4 Å². The van der Waals surface area contributed by atoms with Gasteiger partial charge in [0, 0.05) is 24.2 Å². The molecule has 0 unspecified atom stereocenters. The van der Waals surface area contributed by atoms with Gasteiger partial charge in [0.05, 0.1) is 33.2 Å². The average Bonchev–Trinajstić information content (AvgIpc) is 2.49. The van der Waals surface area contributed by atoms with Crippen molar-refractivity contribution in [2.45, 2.75) is 4.90 Å². The van der Waals surface area contributed by atoms with Crippen LogP contribution in [0.25, 0.3) is 0 Å². The Balaban J connectivity index is 2.25. The number of amides is 1. The highest BCUT2D eigenvalue weighted by Gasteiger charge is 2.16. The minimum atomic E-state index is -0.571. The van der Waals surface area contributed by atoms with Crippen LogP contribution in [-0.2, 0) is 4.18 Å². The number of carbonyl (C=O) groups excluding carboxylic acids is 1. The third kappa shape index (κ3) is 3.76. The molecule has 0 fully saturated rings. The Labute approximate surface area is 135 Å². The predicted octanol–water partition coefficient (Wildman–Crippen LogP) is 4.15. The van der Waals surface area contributed by atoms with Gasteiger partial charge in [-0.3, -0.25) is 14.9 Å². The molecule has 0 radical (unpaired) electrons. The first kappa shape index (κ1) is 16.3. The summed E-state index contributed by atoms with van der Waals surface area (Å²) in [5.41, 5.74) is 0.551. The molecular weight excluding hydrogens is 328 g/mol. The van der Waals surface area contributed by atoms with Gasteiger partial charge in [0.15, 0.2) is 0 Å². The summed E-state index contributed by atoms with van der Waals surface area (Å²) < 4.78 is 4.99. The maximum Gasteiger partial charge on any atom is 0.270 e. The Hall–Kier alpha value is -2.09. The lowest BCUT2D eigenvalue weighted by Gasteiger charge is -2.10. The standard InChI is InChI=1S/C14H11ClN2O4S/c1-21-22-13-5-3-2-4-12(13)16-14(18)10-7-6-9(17(19)20)8-11(10)15/h2-8H,1H3,(H,16,18). The number of benzene rings is 2. The van der Waals surface area contributed by atoms with Gasteiger partial charge in [-0.1, -0.05) is 23.7 Å². The molecule has 0 aromatic heterocycles. The van der Waals surface area contributed by atoms with E-state index in [0.717, 1.165) is 23.0 Å². The first-order chi connectivity index (χ1) is 10.5. The van der Waals surface area contributed by atoms with Gasteiger partial charge >= 0.3 is 0 Å². The molecule has 0 aliphatic heterocycles. The van der Waals surface area contributed by atoms with E-state index in [1.54, 1.807) is 18.2 Å². The number of halogens is 1. The molecule has 114 valence electrons. The smallest absolute Gasteiger partial charge is 0.270 e. The van der Waals surface area contributed by atoms with Crippen molar-refractivity contribution in [3.63, 3.8) is 0 Å². The topological polar surface area (TPSA) is 81.5 Å². The molecule has 0 atom stereocenters. The largest absolute Gasteiger partial charge is 0.321 e. The Morgan fingerprint density at radius 3 is 2.68 bits per heavy atom. The lowest BCUT2D eigenvalue weighted by Crippen LogP contribution is -2.13. The molecule has 22 heavy (non-hydrogen) atoms. The van der Waals surface area contributed by atoms with Gasteiger partial charge in [-0.25, -0.2) is 0 Å². The van der Waals surface area contributed by atoms with Crippen LogP contribution in [0.4, 0.5) is 11.4 Å². The Bertz CT molecular complexity index is 724. The molecule has 0 heterocycles. The molecule has 0 spiro atoms. The van der Waals surface area contributed by atoms with Crippen LogP contribution in [0.5, 0.6) is 0 Å². The molecule has 1 N–H and O–H groups in total. The summed E-state index contributed by atoms with van der Waals surface area (Å²) in [7, 11) is 1.52. The number of hydrogen-bond acceptors (Lipinski definition) is 5.